The van der Waals surface area contributed by atoms with Crippen molar-refractivity contribution < 1.29 is 18.0 Å². The highest BCUT2D eigenvalue weighted by molar-refractivity contribution is 7.89. The minimum Gasteiger partial charge on any atom is -0.361 e. The first kappa shape index (κ1) is 24.8. The number of sulfonamides is 1. The highest BCUT2D eigenvalue weighted by Crippen LogP contribution is 2.31. The van der Waals surface area contributed by atoms with E-state index in [1.165, 1.54) is 4.31 Å². The van der Waals surface area contributed by atoms with Crippen molar-refractivity contribution in [2.75, 3.05) is 26.2 Å². The number of likely N-dealkylation sites (tertiary alicyclic amines) is 1. The molecule has 0 aliphatic carbocycles. The number of hydrogen-bond acceptors (Lipinski definition) is 4. The number of halogens is 1. The van der Waals surface area contributed by atoms with Crippen LogP contribution in [0.15, 0.2) is 29.2 Å². The summed E-state index contributed by atoms with van der Waals surface area (Å²) in [5.41, 5.74) is 2.13. The highest BCUT2D eigenvalue weighted by Gasteiger charge is 2.38. The molecule has 1 aromatic carbocycles. The number of benzene rings is 1. The first-order valence-electron chi connectivity index (χ1n) is 11.7. The van der Waals surface area contributed by atoms with E-state index in [-0.39, 0.29) is 41.3 Å². The molecule has 0 saturated carbocycles. The van der Waals surface area contributed by atoms with Gasteiger partial charge in [0.15, 0.2) is 0 Å². The molecule has 184 valence electrons. The molecular formula is C24H31ClN4O4S. The van der Waals surface area contributed by atoms with Gasteiger partial charge in [-0.1, -0.05) is 29.8 Å². The van der Waals surface area contributed by atoms with Crippen LogP contribution in [0.1, 0.15) is 53.0 Å². The molecular weight excluding hydrogens is 476 g/mol. The third-order valence-corrected chi connectivity index (χ3v) is 9.20. The Morgan fingerprint density at radius 1 is 1.06 bits per heavy atom. The van der Waals surface area contributed by atoms with Gasteiger partial charge in [0, 0.05) is 55.1 Å². The average molecular weight is 507 g/mol. The lowest BCUT2D eigenvalue weighted by Crippen LogP contribution is -2.43. The molecule has 10 heteroatoms. The Balaban J connectivity index is 1.44. The first-order chi connectivity index (χ1) is 16.2. The molecule has 2 aliphatic rings. The molecule has 2 saturated heterocycles. The molecule has 3 heterocycles. The van der Waals surface area contributed by atoms with Crippen LogP contribution in [0.25, 0.3) is 0 Å². The fraction of sp³-hybridized carbons (Fsp3) is 0.500. The Bertz CT molecular complexity index is 1180. The molecule has 8 nitrogen and oxygen atoms in total. The van der Waals surface area contributed by atoms with Gasteiger partial charge >= 0.3 is 0 Å². The second kappa shape index (κ2) is 10.1. The molecule has 0 atom stereocenters. The molecule has 34 heavy (non-hydrogen) atoms. The van der Waals surface area contributed by atoms with Crippen LogP contribution in [0, 0.1) is 19.8 Å². The second-order valence-electron chi connectivity index (χ2n) is 9.07. The van der Waals surface area contributed by atoms with E-state index in [9.17, 15) is 18.0 Å². The number of carbonyl (C=O) groups excluding carboxylic acids is 2. The predicted octanol–water partition coefficient (Wildman–Crippen LogP) is 3.24. The third-order valence-electron chi connectivity index (χ3n) is 6.76. The van der Waals surface area contributed by atoms with Gasteiger partial charge < -0.3 is 15.2 Å². The lowest BCUT2D eigenvalue weighted by molar-refractivity contribution is -0.126. The molecule has 2 N–H and O–H groups in total. The van der Waals surface area contributed by atoms with Crippen LogP contribution in [0.5, 0.6) is 0 Å². The zero-order valence-corrected chi connectivity index (χ0v) is 21.1. The highest BCUT2D eigenvalue weighted by atomic mass is 35.5. The normalized spacial score (nSPS) is 17.8. The van der Waals surface area contributed by atoms with E-state index in [1.807, 2.05) is 18.2 Å². The Kier molecular flexibility index (Phi) is 7.35. The van der Waals surface area contributed by atoms with Gasteiger partial charge in [-0.15, -0.1) is 0 Å². The number of H-pyrrole nitrogens is 1. The molecule has 1 aromatic heterocycles. The monoisotopic (exact) mass is 506 g/mol. The van der Waals surface area contributed by atoms with E-state index >= 15 is 0 Å². The smallest absolute Gasteiger partial charge is 0.257 e. The van der Waals surface area contributed by atoms with Gasteiger partial charge in [-0.3, -0.25) is 9.59 Å². The van der Waals surface area contributed by atoms with Crippen molar-refractivity contribution in [3.8, 4) is 0 Å². The van der Waals surface area contributed by atoms with Gasteiger partial charge in [-0.05, 0) is 51.2 Å². The summed E-state index contributed by atoms with van der Waals surface area (Å²) in [7, 11) is -3.88. The van der Waals surface area contributed by atoms with Gasteiger partial charge in [-0.2, -0.15) is 4.31 Å². The number of nitrogens with one attached hydrogen (secondary N) is 2. The van der Waals surface area contributed by atoms with Crippen molar-refractivity contribution in [3.63, 3.8) is 0 Å². The van der Waals surface area contributed by atoms with Crippen LogP contribution in [-0.2, 0) is 21.4 Å². The lowest BCUT2D eigenvalue weighted by atomic mass is 9.97. The van der Waals surface area contributed by atoms with Gasteiger partial charge in [0.1, 0.15) is 4.90 Å². The zero-order valence-electron chi connectivity index (χ0n) is 19.6. The minimum absolute atomic E-state index is 0.0727. The Labute approximate surface area is 205 Å². The summed E-state index contributed by atoms with van der Waals surface area (Å²) >= 11 is 6.16. The molecule has 2 aliphatic heterocycles. The van der Waals surface area contributed by atoms with Crippen molar-refractivity contribution in [3.05, 3.63) is 51.8 Å². The molecule has 0 unspecified atom stereocenters. The molecule has 0 bridgehead atoms. The van der Waals surface area contributed by atoms with E-state index in [1.54, 1.807) is 24.8 Å². The number of piperidine rings is 1. The molecule has 2 fully saturated rings. The van der Waals surface area contributed by atoms with Gasteiger partial charge in [-0.25, -0.2) is 8.42 Å². The second-order valence-corrected chi connectivity index (χ2v) is 11.3. The van der Waals surface area contributed by atoms with E-state index in [0.29, 0.717) is 48.9 Å². The number of amides is 2. The van der Waals surface area contributed by atoms with Gasteiger partial charge in [0.2, 0.25) is 15.9 Å². The maximum absolute atomic E-state index is 13.6. The fourth-order valence-electron chi connectivity index (χ4n) is 4.87. The molecule has 2 aromatic rings. The maximum atomic E-state index is 13.6. The number of hydrogen-bond donors (Lipinski definition) is 2. The predicted molar refractivity (Wildman–Crippen MR) is 130 cm³/mol. The zero-order chi connectivity index (χ0) is 24.5. The van der Waals surface area contributed by atoms with Crippen molar-refractivity contribution >= 4 is 33.4 Å². The van der Waals surface area contributed by atoms with Crippen LogP contribution in [0.2, 0.25) is 5.02 Å². The molecule has 4 rings (SSSR count). The number of aryl methyl sites for hydroxylation is 2. The van der Waals surface area contributed by atoms with Crippen LogP contribution in [-0.4, -0.2) is 60.6 Å². The quantitative estimate of drug-likeness (QED) is 0.627. The summed E-state index contributed by atoms with van der Waals surface area (Å²) in [5, 5.41) is 3.51. The van der Waals surface area contributed by atoms with E-state index in [0.717, 1.165) is 18.4 Å². The number of aromatic amines is 1. The van der Waals surface area contributed by atoms with Crippen LogP contribution in [0.4, 0.5) is 0 Å². The third kappa shape index (κ3) is 4.87. The average Bonchev–Trinajstić information content (AvgIpc) is 3.46. The fourth-order valence-corrected chi connectivity index (χ4v) is 6.96. The van der Waals surface area contributed by atoms with Crippen molar-refractivity contribution in [1.29, 1.82) is 0 Å². The summed E-state index contributed by atoms with van der Waals surface area (Å²) in [4.78, 5) is 30.7. The van der Waals surface area contributed by atoms with Gasteiger partial charge in [0.05, 0.1) is 5.56 Å². The van der Waals surface area contributed by atoms with Crippen LogP contribution in [0.3, 0.4) is 0 Å². The van der Waals surface area contributed by atoms with Crippen molar-refractivity contribution in [2.45, 2.75) is 51.0 Å². The van der Waals surface area contributed by atoms with E-state index in [4.69, 9.17) is 11.6 Å². The van der Waals surface area contributed by atoms with Crippen LogP contribution < -0.4 is 5.32 Å². The summed E-state index contributed by atoms with van der Waals surface area (Å²) in [5.74, 6) is -0.601. The Morgan fingerprint density at radius 3 is 2.35 bits per heavy atom. The standard InChI is InChI=1S/C24H31ClN4O4S/c1-16-21(24(31)28-11-5-6-12-28)22(17(2)27-16)34(32,33)29-13-9-18(10-14-29)23(30)26-15-19-7-3-4-8-20(19)25/h3-4,7-8,18,27H,5-6,9-15H2,1-2H3,(H,26,30). The molecule has 0 spiro atoms. The van der Waals surface area contributed by atoms with Crippen molar-refractivity contribution in [1.82, 2.24) is 19.5 Å². The minimum atomic E-state index is -3.88. The molecule has 2 amide bonds. The largest absolute Gasteiger partial charge is 0.361 e. The lowest BCUT2D eigenvalue weighted by Gasteiger charge is -2.31. The van der Waals surface area contributed by atoms with Gasteiger partial charge in [0.25, 0.3) is 5.91 Å². The Hall–Kier alpha value is -2.36. The SMILES string of the molecule is Cc1[nH]c(C)c(S(=O)(=O)N2CCC(C(=O)NCc3ccccc3Cl)CC2)c1C(=O)N1CCCC1. The maximum Gasteiger partial charge on any atom is 0.257 e. The van der Waals surface area contributed by atoms with E-state index in [2.05, 4.69) is 10.3 Å². The summed E-state index contributed by atoms with van der Waals surface area (Å²) in [6.45, 7) is 5.52. The number of aromatic nitrogens is 1. The van der Waals surface area contributed by atoms with Crippen molar-refractivity contribution in [2.24, 2.45) is 5.92 Å². The molecule has 0 radical (unpaired) electrons. The van der Waals surface area contributed by atoms with E-state index < -0.39 is 10.0 Å². The Morgan fingerprint density at radius 2 is 1.71 bits per heavy atom. The number of nitrogens with zero attached hydrogens (tertiary/aromatic N) is 2. The topological polar surface area (TPSA) is 103 Å². The summed E-state index contributed by atoms with van der Waals surface area (Å²) < 4.78 is 28.6. The van der Waals surface area contributed by atoms with Crippen LogP contribution >= 0.6 is 11.6 Å². The summed E-state index contributed by atoms with van der Waals surface area (Å²) in [6, 6.07) is 7.34. The number of carbonyl (C=O) groups is 2. The summed E-state index contributed by atoms with van der Waals surface area (Å²) in [6.07, 6.45) is 2.71. The first-order valence-corrected chi connectivity index (χ1v) is 13.5. The number of rotatable bonds is 6.